The number of benzene rings is 2. The zero-order chi connectivity index (χ0) is 25.3. The lowest BCUT2D eigenvalue weighted by atomic mass is 9.81. The maximum Gasteiger partial charge on any atom is 0.311 e. The van der Waals surface area contributed by atoms with E-state index in [1.165, 1.54) is 5.57 Å². The highest BCUT2D eigenvalue weighted by Crippen LogP contribution is 2.52. The quantitative estimate of drug-likeness (QED) is 0.258. The van der Waals surface area contributed by atoms with Gasteiger partial charge in [0.2, 0.25) is 0 Å². The Morgan fingerprint density at radius 3 is 2.69 bits per heavy atom. The number of hydrogen-bond donors (Lipinski definition) is 0. The molecule has 0 fully saturated rings. The maximum absolute atomic E-state index is 12.4. The Kier molecular flexibility index (Phi) is 7.06. The fourth-order valence-electron chi connectivity index (χ4n) is 5.20. The molecule has 0 saturated heterocycles. The summed E-state index contributed by atoms with van der Waals surface area (Å²) < 4.78 is 12.2. The van der Waals surface area contributed by atoms with Crippen molar-refractivity contribution < 1.29 is 19.1 Å². The number of nitrogens with zero attached hydrogens (tertiary/aromatic N) is 2. The van der Waals surface area contributed by atoms with Gasteiger partial charge in [0.1, 0.15) is 17.6 Å². The maximum atomic E-state index is 12.4. The molecule has 2 aliphatic heterocycles. The predicted octanol–water partition coefficient (Wildman–Crippen LogP) is 6.17. The molecule has 2 heterocycles. The molecule has 0 saturated carbocycles. The van der Waals surface area contributed by atoms with Gasteiger partial charge in [-0.3, -0.25) is 9.63 Å². The predicted molar refractivity (Wildman–Crippen MR) is 141 cm³/mol. The monoisotopic (exact) mass is 476 g/mol. The van der Waals surface area contributed by atoms with Crippen molar-refractivity contribution in [3.05, 3.63) is 60.2 Å². The van der Waals surface area contributed by atoms with Crippen molar-refractivity contribution in [2.75, 3.05) is 32.8 Å². The van der Waals surface area contributed by atoms with Crippen LogP contribution in [0, 0.1) is 0 Å². The summed E-state index contributed by atoms with van der Waals surface area (Å²) in [7, 11) is 5.69. The van der Waals surface area contributed by atoms with Crippen LogP contribution >= 0.6 is 0 Å². The van der Waals surface area contributed by atoms with E-state index in [1.807, 2.05) is 37.4 Å². The third-order valence-electron chi connectivity index (χ3n) is 6.54. The van der Waals surface area contributed by atoms with E-state index >= 15 is 0 Å². The molecule has 2 aliphatic rings. The van der Waals surface area contributed by atoms with Gasteiger partial charge in [-0.05, 0) is 83.2 Å². The van der Waals surface area contributed by atoms with E-state index in [9.17, 15) is 4.79 Å². The van der Waals surface area contributed by atoms with Gasteiger partial charge in [-0.2, -0.15) is 0 Å². The third-order valence-corrected chi connectivity index (χ3v) is 6.54. The van der Waals surface area contributed by atoms with Gasteiger partial charge in [-0.1, -0.05) is 18.2 Å². The van der Waals surface area contributed by atoms with Crippen LogP contribution < -0.4 is 14.5 Å². The summed E-state index contributed by atoms with van der Waals surface area (Å²) >= 11 is 0. The summed E-state index contributed by atoms with van der Waals surface area (Å²) in [5.41, 5.74) is 6.13. The second-order valence-electron chi connectivity index (χ2n) is 10.0. The van der Waals surface area contributed by atoms with Crippen molar-refractivity contribution in [1.82, 2.24) is 4.90 Å². The molecule has 0 N–H and O–H groups in total. The molecule has 1 atom stereocenters. The van der Waals surface area contributed by atoms with E-state index in [1.54, 1.807) is 13.2 Å². The Hall–Kier alpha value is -3.09. The first-order chi connectivity index (χ1) is 16.7. The largest absolute Gasteiger partial charge is 0.485 e. The van der Waals surface area contributed by atoms with Crippen molar-refractivity contribution in [2.24, 2.45) is 0 Å². The molecule has 6 nitrogen and oxygen atoms in total. The molecule has 2 aromatic carbocycles. The van der Waals surface area contributed by atoms with E-state index < -0.39 is 0 Å². The molecule has 35 heavy (non-hydrogen) atoms. The molecule has 2 aromatic rings. The van der Waals surface area contributed by atoms with Gasteiger partial charge in [0.25, 0.3) is 0 Å². The van der Waals surface area contributed by atoms with Gasteiger partial charge in [0, 0.05) is 29.5 Å². The number of rotatable bonds is 8. The molecule has 4 rings (SSSR count). The van der Waals surface area contributed by atoms with Crippen molar-refractivity contribution in [2.45, 2.75) is 51.7 Å². The zero-order valence-corrected chi connectivity index (χ0v) is 21.7. The van der Waals surface area contributed by atoms with Gasteiger partial charge < -0.3 is 14.4 Å². The molecular weight excluding hydrogens is 440 g/mol. The number of ether oxygens (including phenoxy) is 2. The molecule has 0 aliphatic carbocycles. The molecule has 186 valence electrons. The van der Waals surface area contributed by atoms with E-state index in [-0.39, 0.29) is 17.6 Å². The van der Waals surface area contributed by atoms with Crippen LogP contribution in [0.15, 0.2) is 49.1 Å². The fourth-order valence-corrected chi connectivity index (χ4v) is 5.20. The summed E-state index contributed by atoms with van der Waals surface area (Å²) in [4.78, 5) is 20.3. The molecule has 0 radical (unpaired) electrons. The molecule has 6 heteroatoms. The van der Waals surface area contributed by atoms with Gasteiger partial charge >= 0.3 is 5.97 Å². The Bertz CT molecular complexity index is 1170. The number of fused-ring (bicyclic) bond motifs is 5. The van der Waals surface area contributed by atoms with Crippen molar-refractivity contribution >= 4 is 17.2 Å². The highest BCUT2D eigenvalue weighted by atomic mass is 16.7. The van der Waals surface area contributed by atoms with Crippen molar-refractivity contribution in [1.29, 1.82) is 0 Å². The highest BCUT2D eigenvalue weighted by Gasteiger charge is 2.37. The lowest BCUT2D eigenvalue weighted by Crippen LogP contribution is -2.44. The van der Waals surface area contributed by atoms with Crippen LogP contribution in [0.1, 0.15) is 57.3 Å². The number of allylic oxidation sites excluding steroid dienone is 1. The summed E-state index contributed by atoms with van der Waals surface area (Å²) in [5.74, 6) is 1.08. The van der Waals surface area contributed by atoms with Crippen LogP contribution in [-0.2, 0) is 9.63 Å². The first-order valence-electron chi connectivity index (χ1n) is 12.1. The Labute approximate surface area is 208 Å². The summed E-state index contributed by atoms with van der Waals surface area (Å²) in [5, 5.41) is 1.95. The van der Waals surface area contributed by atoms with E-state index in [4.69, 9.17) is 14.3 Å². The molecule has 1 unspecified atom stereocenters. The van der Waals surface area contributed by atoms with Crippen LogP contribution in [0.3, 0.4) is 0 Å². The van der Waals surface area contributed by atoms with E-state index in [0.29, 0.717) is 18.6 Å². The molecule has 0 spiro atoms. The Morgan fingerprint density at radius 2 is 2.00 bits per heavy atom. The van der Waals surface area contributed by atoms with Gasteiger partial charge in [-0.25, -0.2) is 5.06 Å². The third kappa shape index (κ3) is 4.86. The van der Waals surface area contributed by atoms with Crippen LogP contribution in [0.4, 0.5) is 5.69 Å². The molecule has 0 bridgehead atoms. The summed E-state index contributed by atoms with van der Waals surface area (Å²) in [6.45, 7) is 11.2. The minimum absolute atomic E-state index is 0.173. The molecular formula is C29H36N2O4. The lowest BCUT2D eigenvalue weighted by molar-refractivity contribution is -0.134. The summed E-state index contributed by atoms with van der Waals surface area (Å²) in [6.07, 6.45) is 5.76. The fraction of sp³-hybridized carbons (Fsp3) is 0.414. The van der Waals surface area contributed by atoms with E-state index in [0.717, 1.165) is 46.7 Å². The van der Waals surface area contributed by atoms with Gasteiger partial charge in [-0.15, -0.1) is 6.58 Å². The van der Waals surface area contributed by atoms with Gasteiger partial charge in [0.05, 0.1) is 18.3 Å². The number of esters is 1. The van der Waals surface area contributed by atoms with Crippen LogP contribution in [0.2, 0.25) is 0 Å². The van der Waals surface area contributed by atoms with E-state index in [2.05, 4.69) is 50.5 Å². The normalized spacial score (nSPS) is 17.6. The highest BCUT2D eigenvalue weighted by molar-refractivity contribution is 5.90. The first-order valence-corrected chi connectivity index (χ1v) is 12.1. The average Bonchev–Trinajstić information content (AvgIpc) is 2.78. The first kappa shape index (κ1) is 25.0. The van der Waals surface area contributed by atoms with Gasteiger partial charge in [0.15, 0.2) is 0 Å². The smallest absolute Gasteiger partial charge is 0.311 e. The van der Waals surface area contributed by atoms with Crippen molar-refractivity contribution in [3.8, 4) is 22.6 Å². The summed E-state index contributed by atoms with van der Waals surface area (Å²) in [6, 6.07) is 9.83. The second-order valence-corrected chi connectivity index (χ2v) is 10.0. The SMILES string of the molecule is C=CCC1Oc2ccc(OC(=O)CCCN(C)C)cc2-c2ccc3c(c21)C(C)=CC(C)(C)N3OC. The minimum Gasteiger partial charge on any atom is -0.485 e. The number of carbonyl (C=O) groups excluding carboxylic acids is 1. The Balaban J connectivity index is 1.76. The molecule has 0 aromatic heterocycles. The van der Waals surface area contributed by atoms with Crippen molar-refractivity contribution in [3.63, 3.8) is 0 Å². The van der Waals surface area contributed by atoms with Crippen LogP contribution in [-0.4, -0.2) is 44.2 Å². The topological polar surface area (TPSA) is 51.2 Å². The average molecular weight is 477 g/mol. The standard InChI is InChI=1S/C29H36N2O4/c1-8-10-25-28-21(13-14-23-27(28)19(2)18-29(3,4)31(23)33-7)22-17-20(12-15-24(22)35-25)34-26(32)11-9-16-30(5)6/h8,12-15,17-18,25H,1,9-11,16H2,2-7H3. The Morgan fingerprint density at radius 1 is 1.23 bits per heavy atom. The molecule has 0 amide bonds. The number of carbonyl (C=O) groups is 1. The minimum atomic E-state index is -0.282. The van der Waals surface area contributed by atoms with Crippen LogP contribution in [0.25, 0.3) is 16.7 Å². The number of hydrogen-bond acceptors (Lipinski definition) is 6. The van der Waals surface area contributed by atoms with Crippen LogP contribution in [0.5, 0.6) is 11.5 Å². The number of hydroxylamine groups is 1. The second kappa shape index (κ2) is 9.88. The number of anilines is 1. The lowest BCUT2D eigenvalue weighted by Gasteiger charge is -2.43. The zero-order valence-electron chi connectivity index (χ0n) is 21.7.